The first-order valence-electron chi connectivity index (χ1n) is 5.62. The van der Waals surface area contributed by atoms with Gasteiger partial charge in [-0.05, 0) is 26.3 Å². The van der Waals surface area contributed by atoms with Gasteiger partial charge < -0.3 is 10.4 Å². The number of hydrogen-bond acceptors (Lipinski definition) is 4. The van der Waals surface area contributed by atoms with Crippen molar-refractivity contribution in [1.29, 1.82) is 0 Å². The first kappa shape index (κ1) is 11.0. The third kappa shape index (κ3) is 3.00. The van der Waals surface area contributed by atoms with Crippen molar-refractivity contribution in [2.75, 3.05) is 6.54 Å². The molecule has 0 bridgehead atoms. The predicted molar refractivity (Wildman–Crippen MR) is 62.1 cm³/mol. The normalized spacial score (nSPS) is 24.0. The van der Waals surface area contributed by atoms with Crippen molar-refractivity contribution in [1.82, 2.24) is 10.3 Å². The van der Waals surface area contributed by atoms with E-state index in [2.05, 4.69) is 10.3 Å². The molecule has 2 N–H and O–H groups in total. The van der Waals surface area contributed by atoms with Gasteiger partial charge in [0.25, 0.3) is 0 Å². The van der Waals surface area contributed by atoms with Crippen molar-refractivity contribution in [3.8, 4) is 0 Å². The van der Waals surface area contributed by atoms with E-state index in [9.17, 15) is 5.11 Å². The zero-order valence-corrected chi connectivity index (χ0v) is 9.89. The maximum absolute atomic E-state index is 9.40. The molecule has 0 saturated carbocycles. The molecule has 2 atom stereocenters. The molecule has 0 spiro atoms. The first-order valence-corrected chi connectivity index (χ1v) is 6.43. The lowest BCUT2D eigenvalue weighted by molar-refractivity contribution is 0.203. The topological polar surface area (TPSA) is 45.2 Å². The summed E-state index contributed by atoms with van der Waals surface area (Å²) < 4.78 is 0. The third-order valence-corrected chi connectivity index (χ3v) is 4.01. The van der Waals surface area contributed by atoms with Gasteiger partial charge in [0, 0.05) is 18.7 Å². The van der Waals surface area contributed by atoms with E-state index in [1.54, 1.807) is 24.5 Å². The third-order valence-electron chi connectivity index (χ3n) is 2.82. The molecule has 1 aliphatic rings. The smallest absolute Gasteiger partial charge is 0.0944 e. The number of piperidine rings is 1. The van der Waals surface area contributed by atoms with Crippen molar-refractivity contribution in [3.63, 3.8) is 0 Å². The van der Waals surface area contributed by atoms with Crippen LogP contribution in [0.15, 0.2) is 6.20 Å². The summed E-state index contributed by atoms with van der Waals surface area (Å²) in [5.41, 5.74) is 0. The number of thiazole rings is 1. The van der Waals surface area contributed by atoms with Crippen LogP contribution in [-0.2, 0) is 6.42 Å². The summed E-state index contributed by atoms with van der Waals surface area (Å²) in [6.45, 7) is 2.93. The molecule has 84 valence electrons. The highest BCUT2D eigenvalue weighted by molar-refractivity contribution is 7.11. The van der Waals surface area contributed by atoms with Gasteiger partial charge >= 0.3 is 0 Å². The summed E-state index contributed by atoms with van der Waals surface area (Å²) in [6.07, 6.45) is 6.31. The Kier molecular flexibility index (Phi) is 3.72. The molecule has 0 amide bonds. The highest BCUT2D eigenvalue weighted by atomic mass is 32.1. The predicted octanol–water partition coefficient (Wildman–Crippen LogP) is 1.88. The van der Waals surface area contributed by atoms with E-state index >= 15 is 0 Å². The molecule has 1 aromatic rings. The van der Waals surface area contributed by atoms with Gasteiger partial charge in [0.1, 0.15) is 0 Å². The maximum Gasteiger partial charge on any atom is 0.0944 e. The van der Waals surface area contributed by atoms with Crippen molar-refractivity contribution in [3.05, 3.63) is 16.1 Å². The highest BCUT2D eigenvalue weighted by Gasteiger charge is 2.15. The second-order valence-electron chi connectivity index (χ2n) is 4.18. The summed E-state index contributed by atoms with van der Waals surface area (Å²) in [5, 5.41) is 14.1. The van der Waals surface area contributed by atoms with Crippen LogP contribution in [0.2, 0.25) is 0 Å². The van der Waals surface area contributed by atoms with Gasteiger partial charge in [-0.3, -0.25) is 0 Å². The number of nitrogens with zero attached hydrogens (tertiary/aromatic N) is 1. The molecule has 1 fully saturated rings. The summed E-state index contributed by atoms with van der Waals surface area (Å²) >= 11 is 1.63. The van der Waals surface area contributed by atoms with E-state index in [0.717, 1.165) is 22.9 Å². The largest absolute Gasteiger partial charge is 0.388 e. The van der Waals surface area contributed by atoms with Gasteiger partial charge in [-0.1, -0.05) is 6.42 Å². The van der Waals surface area contributed by atoms with E-state index in [-0.39, 0.29) is 6.10 Å². The molecular formula is C11H18N2OS. The van der Waals surface area contributed by atoms with Crippen LogP contribution in [0.5, 0.6) is 0 Å². The molecule has 0 aliphatic carbocycles. The lowest BCUT2D eigenvalue weighted by atomic mass is 10.0. The van der Waals surface area contributed by atoms with Crippen LogP contribution in [0, 0.1) is 0 Å². The van der Waals surface area contributed by atoms with Crippen molar-refractivity contribution < 1.29 is 5.11 Å². The SMILES string of the molecule is CC(O)c1cnc(CC2CCCCN2)s1. The van der Waals surface area contributed by atoms with E-state index in [1.807, 2.05) is 0 Å². The Bertz CT molecular complexity index is 305. The van der Waals surface area contributed by atoms with Gasteiger partial charge in [-0.2, -0.15) is 0 Å². The number of aromatic nitrogens is 1. The minimum absolute atomic E-state index is 0.379. The monoisotopic (exact) mass is 226 g/mol. The van der Waals surface area contributed by atoms with Crippen LogP contribution in [0.3, 0.4) is 0 Å². The lowest BCUT2D eigenvalue weighted by Gasteiger charge is -2.22. The summed E-state index contributed by atoms with van der Waals surface area (Å²) in [6, 6.07) is 0.590. The molecule has 4 heteroatoms. The summed E-state index contributed by atoms with van der Waals surface area (Å²) in [5.74, 6) is 0. The standard InChI is InChI=1S/C11H18N2OS/c1-8(14)10-7-13-11(15-10)6-9-4-2-3-5-12-9/h7-9,12,14H,2-6H2,1H3. The minimum atomic E-state index is -0.379. The number of hydrogen-bond donors (Lipinski definition) is 2. The average Bonchev–Trinajstić information content (AvgIpc) is 2.68. The fraction of sp³-hybridized carbons (Fsp3) is 0.727. The van der Waals surface area contributed by atoms with Gasteiger partial charge in [0.2, 0.25) is 0 Å². The fourth-order valence-corrected chi connectivity index (χ4v) is 2.86. The van der Waals surface area contributed by atoms with Gasteiger partial charge in [-0.25, -0.2) is 4.98 Å². The second kappa shape index (κ2) is 5.05. The Labute approximate surface area is 94.5 Å². The van der Waals surface area contributed by atoms with Crippen LogP contribution in [0.4, 0.5) is 0 Å². The Morgan fingerprint density at radius 3 is 3.13 bits per heavy atom. The van der Waals surface area contributed by atoms with Crippen molar-refractivity contribution in [2.24, 2.45) is 0 Å². The van der Waals surface area contributed by atoms with E-state index in [0.29, 0.717) is 6.04 Å². The molecule has 2 unspecified atom stereocenters. The van der Waals surface area contributed by atoms with Gasteiger partial charge in [0.15, 0.2) is 0 Å². The van der Waals surface area contributed by atoms with Gasteiger partial charge in [-0.15, -0.1) is 11.3 Å². The molecule has 3 nitrogen and oxygen atoms in total. The zero-order valence-electron chi connectivity index (χ0n) is 9.07. The number of nitrogens with one attached hydrogen (secondary N) is 1. The minimum Gasteiger partial charge on any atom is -0.388 e. The molecule has 1 saturated heterocycles. The molecule has 15 heavy (non-hydrogen) atoms. The zero-order chi connectivity index (χ0) is 10.7. The average molecular weight is 226 g/mol. The van der Waals surface area contributed by atoms with E-state index < -0.39 is 0 Å². The molecule has 0 aromatic carbocycles. The summed E-state index contributed by atoms with van der Waals surface area (Å²) in [4.78, 5) is 5.32. The molecule has 1 aliphatic heterocycles. The van der Waals surface area contributed by atoms with Crippen molar-refractivity contribution in [2.45, 2.75) is 44.8 Å². The number of aliphatic hydroxyl groups is 1. The van der Waals surface area contributed by atoms with Crippen LogP contribution >= 0.6 is 11.3 Å². The molecule has 1 aromatic heterocycles. The Balaban J connectivity index is 1.91. The Morgan fingerprint density at radius 2 is 2.53 bits per heavy atom. The first-order chi connectivity index (χ1) is 7.25. The van der Waals surface area contributed by atoms with E-state index in [4.69, 9.17) is 0 Å². The van der Waals surface area contributed by atoms with Crippen LogP contribution in [0.1, 0.15) is 42.2 Å². The maximum atomic E-state index is 9.40. The number of aliphatic hydroxyl groups excluding tert-OH is 1. The van der Waals surface area contributed by atoms with Gasteiger partial charge in [0.05, 0.1) is 16.0 Å². The Morgan fingerprint density at radius 1 is 1.67 bits per heavy atom. The quantitative estimate of drug-likeness (QED) is 0.827. The molecule has 0 radical (unpaired) electrons. The van der Waals surface area contributed by atoms with Crippen LogP contribution in [0.25, 0.3) is 0 Å². The van der Waals surface area contributed by atoms with Crippen LogP contribution in [-0.4, -0.2) is 22.7 Å². The molecular weight excluding hydrogens is 208 g/mol. The molecule has 2 rings (SSSR count). The Hall–Kier alpha value is -0.450. The fourth-order valence-electron chi connectivity index (χ4n) is 1.92. The molecule has 2 heterocycles. The second-order valence-corrected chi connectivity index (χ2v) is 5.33. The van der Waals surface area contributed by atoms with E-state index in [1.165, 1.54) is 19.3 Å². The van der Waals surface area contributed by atoms with Crippen molar-refractivity contribution >= 4 is 11.3 Å². The van der Waals surface area contributed by atoms with Crippen LogP contribution < -0.4 is 5.32 Å². The lowest BCUT2D eigenvalue weighted by Crippen LogP contribution is -2.35. The summed E-state index contributed by atoms with van der Waals surface area (Å²) in [7, 11) is 0. The highest BCUT2D eigenvalue weighted by Crippen LogP contribution is 2.22. The number of rotatable bonds is 3.